The lowest BCUT2D eigenvalue weighted by molar-refractivity contribution is 0.291. The van der Waals surface area contributed by atoms with Crippen molar-refractivity contribution in [3.63, 3.8) is 0 Å². The number of aromatic nitrogens is 3. The zero-order valence-electron chi connectivity index (χ0n) is 12.8. The summed E-state index contributed by atoms with van der Waals surface area (Å²) >= 11 is 5.94. The van der Waals surface area contributed by atoms with E-state index in [1.165, 1.54) is 0 Å². The van der Waals surface area contributed by atoms with Gasteiger partial charge in [0.2, 0.25) is 11.2 Å². The molecule has 20 heavy (non-hydrogen) atoms. The molecule has 0 saturated heterocycles. The van der Waals surface area contributed by atoms with Crippen molar-refractivity contribution >= 4 is 17.5 Å². The average molecular weight is 302 g/mol. The number of halogens is 1. The number of nitrogens with zero attached hydrogens (tertiary/aromatic N) is 5. The maximum absolute atomic E-state index is 5.94. The van der Waals surface area contributed by atoms with Gasteiger partial charge in [0.05, 0.1) is 6.61 Å². The van der Waals surface area contributed by atoms with Gasteiger partial charge in [-0.2, -0.15) is 15.0 Å². The standard InChI is InChI=1S/C13H24ClN5O/c1-5-10-20-13-16-11(14)15-12(17-13)19(6-2)9-7-8-18(3)4/h5-10H2,1-4H3. The second-order valence-electron chi connectivity index (χ2n) is 4.77. The Kier molecular flexibility index (Phi) is 7.54. The van der Waals surface area contributed by atoms with Crippen molar-refractivity contribution in [3.05, 3.63) is 5.28 Å². The Balaban J connectivity index is 2.72. The van der Waals surface area contributed by atoms with Crippen LogP contribution >= 0.6 is 11.6 Å². The first-order chi connectivity index (χ1) is 9.56. The molecule has 0 aromatic carbocycles. The predicted molar refractivity (Wildman–Crippen MR) is 81.7 cm³/mol. The summed E-state index contributed by atoms with van der Waals surface area (Å²) in [5.41, 5.74) is 0. The topological polar surface area (TPSA) is 54.4 Å². The highest BCUT2D eigenvalue weighted by molar-refractivity contribution is 6.28. The minimum absolute atomic E-state index is 0.173. The summed E-state index contributed by atoms with van der Waals surface area (Å²) < 4.78 is 5.43. The molecule has 0 unspecified atom stereocenters. The summed E-state index contributed by atoms with van der Waals surface area (Å²) in [4.78, 5) is 16.7. The highest BCUT2D eigenvalue weighted by atomic mass is 35.5. The van der Waals surface area contributed by atoms with Crippen molar-refractivity contribution in [2.24, 2.45) is 0 Å². The lowest BCUT2D eigenvalue weighted by Crippen LogP contribution is -2.29. The highest BCUT2D eigenvalue weighted by Gasteiger charge is 2.12. The van der Waals surface area contributed by atoms with Crippen molar-refractivity contribution in [3.8, 4) is 6.01 Å². The first-order valence-electron chi connectivity index (χ1n) is 7.00. The normalized spacial score (nSPS) is 10.9. The number of hydrogen-bond donors (Lipinski definition) is 0. The van der Waals surface area contributed by atoms with Crippen molar-refractivity contribution in [1.29, 1.82) is 0 Å². The average Bonchev–Trinajstić information content (AvgIpc) is 2.40. The van der Waals surface area contributed by atoms with Gasteiger partial charge in [-0.3, -0.25) is 0 Å². The Bertz CT molecular complexity index is 402. The molecule has 1 aromatic rings. The van der Waals surface area contributed by atoms with Crippen LogP contribution < -0.4 is 9.64 Å². The smallest absolute Gasteiger partial charge is 0.322 e. The zero-order valence-corrected chi connectivity index (χ0v) is 13.5. The summed E-state index contributed by atoms with van der Waals surface area (Å²) in [6.07, 6.45) is 1.94. The molecule has 1 rings (SSSR count). The van der Waals surface area contributed by atoms with Crippen molar-refractivity contribution in [1.82, 2.24) is 19.9 Å². The third-order valence-electron chi connectivity index (χ3n) is 2.71. The van der Waals surface area contributed by atoms with Gasteiger partial charge < -0.3 is 14.5 Å². The lowest BCUT2D eigenvalue weighted by Gasteiger charge is -2.21. The fraction of sp³-hybridized carbons (Fsp3) is 0.769. The monoisotopic (exact) mass is 301 g/mol. The number of hydrogen-bond acceptors (Lipinski definition) is 6. The van der Waals surface area contributed by atoms with Crippen LogP contribution in [0.5, 0.6) is 6.01 Å². The number of rotatable bonds is 9. The molecule has 0 radical (unpaired) electrons. The van der Waals surface area contributed by atoms with Crippen LogP contribution in [0.2, 0.25) is 5.28 Å². The van der Waals surface area contributed by atoms with E-state index in [4.69, 9.17) is 16.3 Å². The molecule has 0 fully saturated rings. The van der Waals surface area contributed by atoms with Crippen molar-refractivity contribution in [2.75, 3.05) is 45.2 Å². The van der Waals surface area contributed by atoms with Gasteiger partial charge in [0.1, 0.15) is 0 Å². The molecule has 0 amide bonds. The largest absolute Gasteiger partial charge is 0.463 e. The third-order valence-corrected chi connectivity index (χ3v) is 2.88. The van der Waals surface area contributed by atoms with E-state index >= 15 is 0 Å². The molecular weight excluding hydrogens is 278 g/mol. The molecule has 7 heteroatoms. The third kappa shape index (κ3) is 5.88. The second kappa shape index (κ2) is 8.92. The van der Waals surface area contributed by atoms with E-state index in [0.29, 0.717) is 18.6 Å². The molecule has 0 aliphatic rings. The van der Waals surface area contributed by atoms with Gasteiger partial charge in [0, 0.05) is 13.1 Å². The van der Waals surface area contributed by atoms with Crippen LogP contribution in [0.3, 0.4) is 0 Å². The van der Waals surface area contributed by atoms with Crippen molar-refractivity contribution in [2.45, 2.75) is 26.7 Å². The summed E-state index contributed by atoms with van der Waals surface area (Å²) in [6.45, 7) is 7.40. The molecule has 1 heterocycles. The van der Waals surface area contributed by atoms with Crippen LogP contribution in [0.4, 0.5) is 5.95 Å². The molecular formula is C13H24ClN5O. The zero-order chi connectivity index (χ0) is 15.0. The molecule has 0 saturated carbocycles. The molecule has 0 aliphatic carbocycles. The first kappa shape index (κ1) is 16.9. The van der Waals surface area contributed by atoms with E-state index < -0.39 is 0 Å². The van der Waals surface area contributed by atoms with Crippen LogP contribution in [0.25, 0.3) is 0 Å². The molecule has 0 aliphatic heterocycles. The molecule has 6 nitrogen and oxygen atoms in total. The van der Waals surface area contributed by atoms with Crippen LogP contribution in [0.15, 0.2) is 0 Å². The predicted octanol–water partition coefficient (Wildman–Crippen LogP) is 2.09. The van der Waals surface area contributed by atoms with Crippen LogP contribution in [0, 0.1) is 0 Å². The van der Waals surface area contributed by atoms with Gasteiger partial charge in [-0.25, -0.2) is 0 Å². The molecule has 0 atom stereocenters. The van der Waals surface area contributed by atoms with E-state index in [9.17, 15) is 0 Å². The Morgan fingerprint density at radius 2 is 1.85 bits per heavy atom. The van der Waals surface area contributed by atoms with Crippen LogP contribution in [-0.4, -0.2) is 60.2 Å². The van der Waals surface area contributed by atoms with Gasteiger partial charge in [-0.15, -0.1) is 0 Å². The maximum Gasteiger partial charge on any atom is 0.322 e. The maximum atomic E-state index is 5.94. The van der Waals surface area contributed by atoms with E-state index in [1.54, 1.807) is 0 Å². The number of anilines is 1. The van der Waals surface area contributed by atoms with E-state index in [-0.39, 0.29) is 5.28 Å². The SMILES string of the molecule is CCCOc1nc(Cl)nc(N(CC)CCCN(C)C)n1. The summed E-state index contributed by atoms with van der Waals surface area (Å²) in [7, 11) is 4.12. The Hall–Kier alpha value is -1.14. The minimum atomic E-state index is 0.173. The minimum Gasteiger partial charge on any atom is -0.463 e. The van der Waals surface area contributed by atoms with Crippen LogP contribution in [-0.2, 0) is 0 Å². The molecule has 0 N–H and O–H groups in total. The quantitative estimate of drug-likeness (QED) is 0.696. The number of ether oxygens (including phenoxy) is 1. The molecule has 0 spiro atoms. The van der Waals surface area contributed by atoms with Gasteiger partial charge >= 0.3 is 6.01 Å². The fourth-order valence-corrected chi connectivity index (χ4v) is 1.85. The highest BCUT2D eigenvalue weighted by Crippen LogP contribution is 2.15. The summed E-state index contributed by atoms with van der Waals surface area (Å²) in [5, 5.41) is 0.173. The van der Waals surface area contributed by atoms with E-state index in [2.05, 4.69) is 45.8 Å². The lowest BCUT2D eigenvalue weighted by atomic mass is 10.3. The van der Waals surface area contributed by atoms with Gasteiger partial charge in [0.15, 0.2) is 0 Å². The summed E-state index contributed by atoms with van der Waals surface area (Å²) in [5.74, 6) is 0.581. The van der Waals surface area contributed by atoms with Gasteiger partial charge in [-0.1, -0.05) is 6.92 Å². The summed E-state index contributed by atoms with van der Waals surface area (Å²) in [6, 6.07) is 0.299. The molecule has 1 aromatic heterocycles. The van der Waals surface area contributed by atoms with Gasteiger partial charge in [0.25, 0.3) is 0 Å². The Labute approximate surface area is 126 Å². The van der Waals surface area contributed by atoms with Crippen molar-refractivity contribution < 1.29 is 4.74 Å². The first-order valence-corrected chi connectivity index (χ1v) is 7.38. The van der Waals surface area contributed by atoms with Crippen LogP contribution in [0.1, 0.15) is 26.7 Å². The van der Waals surface area contributed by atoms with E-state index in [0.717, 1.165) is 32.5 Å². The molecule has 114 valence electrons. The Morgan fingerprint density at radius 1 is 1.10 bits per heavy atom. The fourth-order valence-electron chi connectivity index (χ4n) is 1.70. The molecule has 0 bridgehead atoms. The Morgan fingerprint density at radius 3 is 2.45 bits per heavy atom. The van der Waals surface area contributed by atoms with E-state index in [1.807, 2.05) is 6.92 Å². The van der Waals surface area contributed by atoms with Gasteiger partial charge in [-0.05, 0) is 52.0 Å². The second-order valence-corrected chi connectivity index (χ2v) is 5.11.